The Bertz CT molecular complexity index is 1190. The van der Waals surface area contributed by atoms with E-state index < -0.39 is 11.9 Å². The number of carbonyl (C=O) groups excluding carboxylic acids is 1. The van der Waals surface area contributed by atoms with Crippen LogP contribution in [0.25, 0.3) is 11.4 Å². The molecule has 2 N–H and O–H groups in total. The summed E-state index contributed by atoms with van der Waals surface area (Å²) in [5.41, 5.74) is 0.447. The number of halogens is 3. The number of hydrogen-bond acceptors (Lipinski definition) is 8. The topological polar surface area (TPSA) is 119 Å². The number of alkyl halides is 3. The molecule has 12 heteroatoms. The summed E-state index contributed by atoms with van der Waals surface area (Å²) in [6.07, 6.45) is 1.09. The second kappa shape index (κ2) is 8.60. The third-order valence-electron chi connectivity index (χ3n) is 5.93. The second-order valence-corrected chi connectivity index (χ2v) is 8.31. The highest BCUT2D eigenvalue weighted by molar-refractivity contribution is 5.98. The van der Waals surface area contributed by atoms with E-state index in [2.05, 4.69) is 35.6 Å². The Kier molecular flexibility index (Phi) is 5.60. The summed E-state index contributed by atoms with van der Waals surface area (Å²) in [5, 5.41) is 6.38. The van der Waals surface area contributed by atoms with Gasteiger partial charge in [0.1, 0.15) is 11.5 Å². The van der Waals surface area contributed by atoms with Crippen LogP contribution in [-0.2, 0) is 6.18 Å². The van der Waals surface area contributed by atoms with Crippen LogP contribution in [0.15, 0.2) is 43.0 Å². The van der Waals surface area contributed by atoms with Gasteiger partial charge in [-0.2, -0.15) is 13.2 Å². The van der Waals surface area contributed by atoms with Crippen molar-refractivity contribution in [3.05, 3.63) is 60.1 Å². The molecule has 5 rings (SSSR count). The number of anilines is 1. The molecule has 2 saturated heterocycles. The van der Waals surface area contributed by atoms with Crippen molar-refractivity contribution in [1.82, 2.24) is 35.1 Å². The van der Waals surface area contributed by atoms with Gasteiger partial charge >= 0.3 is 6.18 Å². The zero-order valence-corrected chi connectivity index (χ0v) is 18.1. The monoisotopic (exact) mass is 470 g/mol. The SMILES string of the molecule is Cc1ccc(-c2ncccn2)c(C(=O)N2C[C@@H]3N[C@@H]3C[C@H]2CNc2cnc(C(F)(F)F)cn2)n1. The number of piperidine rings is 1. The fourth-order valence-electron chi connectivity index (χ4n) is 4.12. The van der Waals surface area contributed by atoms with E-state index in [1.807, 2.05) is 6.92 Å². The van der Waals surface area contributed by atoms with E-state index in [0.717, 1.165) is 6.20 Å². The van der Waals surface area contributed by atoms with Crippen LogP contribution in [0.4, 0.5) is 19.0 Å². The highest BCUT2D eigenvalue weighted by Gasteiger charge is 2.47. The lowest BCUT2D eigenvalue weighted by Gasteiger charge is -2.35. The third-order valence-corrected chi connectivity index (χ3v) is 5.93. The maximum absolute atomic E-state index is 13.7. The van der Waals surface area contributed by atoms with E-state index in [1.54, 1.807) is 35.5 Å². The Balaban J connectivity index is 1.37. The van der Waals surface area contributed by atoms with Crippen LogP contribution in [-0.4, -0.2) is 66.9 Å². The Morgan fingerprint density at radius 1 is 1.15 bits per heavy atom. The van der Waals surface area contributed by atoms with Crippen LogP contribution in [0.1, 0.15) is 28.3 Å². The number of hydrogen-bond donors (Lipinski definition) is 2. The summed E-state index contributed by atoms with van der Waals surface area (Å²) in [6, 6.07) is 5.59. The summed E-state index contributed by atoms with van der Waals surface area (Å²) in [4.78, 5) is 35.7. The van der Waals surface area contributed by atoms with Gasteiger partial charge in [0.2, 0.25) is 0 Å². The van der Waals surface area contributed by atoms with Crippen LogP contribution < -0.4 is 10.6 Å². The second-order valence-electron chi connectivity index (χ2n) is 8.31. The number of pyridine rings is 1. The largest absolute Gasteiger partial charge is 0.434 e. The molecule has 2 aliphatic rings. The van der Waals surface area contributed by atoms with E-state index in [1.165, 1.54) is 0 Å². The van der Waals surface area contributed by atoms with Gasteiger partial charge < -0.3 is 15.5 Å². The zero-order valence-electron chi connectivity index (χ0n) is 18.1. The number of aromatic nitrogens is 5. The lowest BCUT2D eigenvalue weighted by Crippen LogP contribution is -2.50. The highest BCUT2D eigenvalue weighted by Crippen LogP contribution is 2.31. The Hall–Kier alpha value is -3.67. The van der Waals surface area contributed by atoms with Crippen molar-refractivity contribution in [2.45, 2.75) is 37.6 Å². The maximum Gasteiger partial charge on any atom is 0.434 e. The number of amides is 1. The van der Waals surface area contributed by atoms with Crippen molar-refractivity contribution in [2.24, 2.45) is 0 Å². The molecule has 0 radical (unpaired) electrons. The van der Waals surface area contributed by atoms with E-state index in [9.17, 15) is 18.0 Å². The predicted octanol–water partition coefficient (Wildman–Crippen LogP) is 2.32. The number of likely N-dealkylation sites (tertiary alicyclic amines) is 1. The predicted molar refractivity (Wildman–Crippen MR) is 116 cm³/mol. The van der Waals surface area contributed by atoms with E-state index in [-0.39, 0.29) is 29.5 Å². The lowest BCUT2D eigenvalue weighted by molar-refractivity contribution is -0.141. The number of carbonyl (C=O) groups is 1. The highest BCUT2D eigenvalue weighted by atomic mass is 19.4. The summed E-state index contributed by atoms with van der Waals surface area (Å²) >= 11 is 0. The van der Waals surface area contributed by atoms with Gasteiger partial charge in [0.25, 0.3) is 5.91 Å². The van der Waals surface area contributed by atoms with Crippen LogP contribution in [0, 0.1) is 6.92 Å². The van der Waals surface area contributed by atoms with Crippen molar-refractivity contribution in [1.29, 1.82) is 0 Å². The van der Waals surface area contributed by atoms with Gasteiger partial charge in [-0.15, -0.1) is 0 Å². The van der Waals surface area contributed by atoms with Crippen LogP contribution >= 0.6 is 0 Å². The Morgan fingerprint density at radius 3 is 2.65 bits per heavy atom. The van der Waals surface area contributed by atoms with Gasteiger partial charge in [0.15, 0.2) is 11.5 Å². The molecular weight excluding hydrogens is 449 g/mol. The smallest absolute Gasteiger partial charge is 0.367 e. The lowest BCUT2D eigenvalue weighted by atomic mass is 10.0. The van der Waals surface area contributed by atoms with E-state index in [0.29, 0.717) is 48.8 Å². The van der Waals surface area contributed by atoms with Crippen molar-refractivity contribution < 1.29 is 18.0 Å². The number of fused-ring (bicyclic) bond motifs is 1. The summed E-state index contributed by atoms with van der Waals surface area (Å²) in [5.74, 6) is 0.370. The Morgan fingerprint density at radius 2 is 1.94 bits per heavy atom. The third kappa shape index (κ3) is 4.53. The summed E-state index contributed by atoms with van der Waals surface area (Å²) in [6.45, 7) is 2.61. The molecule has 2 aliphatic heterocycles. The Labute approximate surface area is 192 Å². The molecule has 34 heavy (non-hydrogen) atoms. The minimum Gasteiger partial charge on any atom is -0.367 e. The minimum absolute atomic E-state index is 0.207. The average molecular weight is 470 g/mol. The minimum atomic E-state index is -4.55. The molecular formula is C22H21F3N8O. The first-order valence-corrected chi connectivity index (χ1v) is 10.7. The number of nitrogens with zero attached hydrogens (tertiary/aromatic N) is 6. The molecule has 176 valence electrons. The van der Waals surface area contributed by atoms with Crippen molar-refractivity contribution in [3.63, 3.8) is 0 Å². The molecule has 1 amide bonds. The molecule has 3 atom stereocenters. The van der Waals surface area contributed by atoms with Gasteiger partial charge in [-0.05, 0) is 31.5 Å². The molecule has 0 aliphatic carbocycles. The van der Waals surface area contributed by atoms with Crippen LogP contribution in [0.2, 0.25) is 0 Å². The molecule has 3 aromatic heterocycles. The van der Waals surface area contributed by atoms with Crippen LogP contribution in [0.3, 0.4) is 0 Å². The van der Waals surface area contributed by atoms with Gasteiger partial charge in [0.05, 0.1) is 24.0 Å². The summed E-state index contributed by atoms with van der Waals surface area (Å²) < 4.78 is 38.2. The normalized spacial score (nSPS) is 21.6. The molecule has 3 aromatic rings. The fraction of sp³-hybridized carbons (Fsp3) is 0.364. The van der Waals surface area contributed by atoms with Crippen molar-refractivity contribution >= 4 is 11.7 Å². The zero-order chi connectivity index (χ0) is 23.9. The maximum atomic E-state index is 13.7. The number of aryl methyl sites for hydroxylation is 1. The fourth-order valence-corrected chi connectivity index (χ4v) is 4.12. The number of rotatable bonds is 5. The van der Waals surface area contributed by atoms with E-state index in [4.69, 9.17) is 0 Å². The average Bonchev–Trinajstić information content (AvgIpc) is 3.60. The molecule has 0 unspecified atom stereocenters. The molecule has 0 bridgehead atoms. The quantitative estimate of drug-likeness (QED) is 0.546. The first-order valence-electron chi connectivity index (χ1n) is 10.7. The molecule has 9 nitrogen and oxygen atoms in total. The molecule has 5 heterocycles. The number of nitrogens with one attached hydrogen (secondary N) is 2. The molecule has 2 fully saturated rings. The molecule has 0 aromatic carbocycles. The van der Waals surface area contributed by atoms with Crippen molar-refractivity contribution in [2.75, 3.05) is 18.4 Å². The first-order chi connectivity index (χ1) is 16.3. The van der Waals surface area contributed by atoms with Crippen LogP contribution in [0.5, 0.6) is 0 Å². The van der Waals surface area contributed by atoms with Gasteiger partial charge in [-0.3, -0.25) is 4.79 Å². The van der Waals surface area contributed by atoms with E-state index >= 15 is 0 Å². The van der Waals surface area contributed by atoms with Gasteiger partial charge in [-0.25, -0.2) is 24.9 Å². The van der Waals surface area contributed by atoms with Gasteiger partial charge in [0, 0.05) is 43.3 Å². The van der Waals surface area contributed by atoms with Crippen molar-refractivity contribution in [3.8, 4) is 11.4 Å². The van der Waals surface area contributed by atoms with Gasteiger partial charge in [-0.1, -0.05) is 0 Å². The molecule has 0 spiro atoms. The summed E-state index contributed by atoms with van der Waals surface area (Å²) in [7, 11) is 0. The molecule has 0 saturated carbocycles. The standard InChI is InChI=1S/C22H21F3N8O/c1-12-3-4-14(20-26-5-2-6-27-20)19(31-12)21(34)33-11-16-15(32-16)7-13(33)8-29-18-10-28-17(9-30-18)22(23,24)25/h2-6,9-10,13,15-16,32H,7-8,11H2,1H3,(H,29,30)/t13-,15+,16-/m0/s1. The first kappa shape index (κ1) is 22.1.